The molecule has 1 aliphatic rings. The molecule has 0 heterocycles. The molecule has 0 atom stereocenters. The molecule has 64 valence electrons. The van der Waals surface area contributed by atoms with Crippen LogP contribution in [0.5, 0.6) is 0 Å². The van der Waals surface area contributed by atoms with Gasteiger partial charge in [-0.2, -0.15) is 0 Å². The average Bonchev–Trinajstić information content (AvgIpc) is 2.52. The maximum atomic E-state index is 4.00. The molecule has 0 amide bonds. The van der Waals surface area contributed by atoms with Crippen molar-refractivity contribution < 1.29 is 0 Å². The lowest BCUT2D eigenvalue weighted by Gasteiger charge is -2.07. The average molecular weight is 168 g/mol. The summed E-state index contributed by atoms with van der Waals surface area (Å²) in [7, 11) is 0. The first-order valence-corrected chi connectivity index (χ1v) is 4.42. The minimum absolute atomic E-state index is 1.11. The highest BCUT2D eigenvalue weighted by Crippen LogP contribution is 2.28. The lowest BCUT2D eigenvalue weighted by molar-refractivity contribution is 1.42. The molecule has 0 unspecified atom stereocenters. The van der Waals surface area contributed by atoms with Gasteiger partial charge in [-0.1, -0.05) is 49.1 Å². The molecule has 0 heteroatoms. The smallest absolute Gasteiger partial charge is 0.0115 e. The van der Waals surface area contributed by atoms with Crippen LogP contribution in [-0.4, -0.2) is 0 Å². The van der Waals surface area contributed by atoms with E-state index in [1.165, 1.54) is 16.7 Å². The van der Waals surface area contributed by atoms with Crippen molar-refractivity contribution in [2.24, 2.45) is 0 Å². The Morgan fingerprint density at radius 3 is 2.54 bits per heavy atom. The Balaban J connectivity index is 2.48. The van der Waals surface area contributed by atoms with E-state index >= 15 is 0 Å². The molecule has 0 aliphatic heterocycles. The maximum absolute atomic E-state index is 4.00. The second kappa shape index (κ2) is 3.06. The van der Waals surface area contributed by atoms with E-state index in [1.807, 2.05) is 12.2 Å². The third-order valence-electron chi connectivity index (χ3n) is 2.34. The number of hydrogen-bond acceptors (Lipinski definition) is 0. The van der Waals surface area contributed by atoms with Gasteiger partial charge < -0.3 is 0 Å². The molecule has 0 radical (unpaired) electrons. The van der Waals surface area contributed by atoms with Crippen molar-refractivity contribution in [1.29, 1.82) is 0 Å². The van der Waals surface area contributed by atoms with Crippen molar-refractivity contribution in [2.75, 3.05) is 0 Å². The van der Waals surface area contributed by atoms with Crippen molar-refractivity contribution in [2.45, 2.75) is 6.92 Å². The molecule has 0 fully saturated rings. The topological polar surface area (TPSA) is 0 Å². The van der Waals surface area contributed by atoms with Gasteiger partial charge in [0.2, 0.25) is 0 Å². The largest absolute Gasteiger partial charge is 0.0911 e. The quantitative estimate of drug-likeness (QED) is 0.602. The molecular weight excluding hydrogens is 156 g/mol. The van der Waals surface area contributed by atoms with Crippen LogP contribution in [0.25, 0.3) is 5.57 Å². The van der Waals surface area contributed by atoms with Crippen LogP contribution in [0.1, 0.15) is 11.1 Å². The van der Waals surface area contributed by atoms with Crippen molar-refractivity contribution >= 4 is 5.57 Å². The minimum atomic E-state index is 1.11. The number of benzene rings is 1. The van der Waals surface area contributed by atoms with Crippen molar-refractivity contribution in [1.82, 2.24) is 0 Å². The van der Waals surface area contributed by atoms with Crippen LogP contribution in [0, 0.1) is 6.92 Å². The Morgan fingerprint density at radius 1 is 1.15 bits per heavy atom. The number of aryl methyl sites for hydroxylation is 1. The van der Waals surface area contributed by atoms with Gasteiger partial charge >= 0.3 is 0 Å². The monoisotopic (exact) mass is 168 g/mol. The van der Waals surface area contributed by atoms with Crippen LogP contribution in [0.4, 0.5) is 0 Å². The zero-order valence-electron chi connectivity index (χ0n) is 7.75. The summed E-state index contributed by atoms with van der Waals surface area (Å²) >= 11 is 0. The van der Waals surface area contributed by atoms with Gasteiger partial charge in [-0.3, -0.25) is 0 Å². The molecule has 0 spiro atoms. The van der Waals surface area contributed by atoms with Crippen LogP contribution in [-0.2, 0) is 0 Å². The minimum Gasteiger partial charge on any atom is -0.0911 e. The molecule has 0 saturated carbocycles. The summed E-state index contributed by atoms with van der Waals surface area (Å²) in [5.41, 5.74) is 4.95. The lowest BCUT2D eigenvalue weighted by atomic mass is 9.98. The van der Waals surface area contributed by atoms with E-state index < -0.39 is 0 Å². The van der Waals surface area contributed by atoms with E-state index in [1.54, 1.807) is 0 Å². The third kappa shape index (κ3) is 1.35. The van der Waals surface area contributed by atoms with Gasteiger partial charge in [0, 0.05) is 0 Å². The highest BCUT2D eigenvalue weighted by Gasteiger charge is 2.08. The lowest BCUT2D eigenvalue weighted by Crippen LogP contribution is -1.87. The summed E-state index contributed by atoms with van der Waals surface area (Å²) in [5.74, 6) is 0. The van der Waals surface area contributed by atoms with Crippen molar-refractivity contribution in [3.63, 3.8) is 0 Å². The number of allylic oxidation sites excluding steroid dienone is 5. The van der Waals surface area contributed by atoms with Crippen LogP contribution in [0.15, 0.2) is 54.6 Å². The first kappa shape index (κ1) is 8.06. The summed E-state index contributed by atoms with van der Waals surface area (Å²) in [4.78, 5) is 0. The molecule has 0 saturated heterocycles. The predicted octanol–water partition coefficient (Wildman–Crippen LogP) is 3.50. The molecule has 0 bridgehead atoms. The van der Waals surface area contributed by atoms with E-state index in [-0.39, 0.29) is 0 Å². The molecular formula is C13H12. The maximum Gasteiger partial charge on any atom is -0.0115 e. The van der Waals surface area contributed by atoms with Gasteiger partial charge in [0.1, 0.15) is 0 Å². The molecule has 1 aromatic carbocycles. The molecule has 0 aromatic heterocycles. The van der Waals surface area contributed by atoms with E-state index in [0.29, 0.717) is 0 Å². The zero-order chi connectivity index (χ0) is 9.26. The normalized spacial score (nSPS) is 14.8. The first-order chi connectivity index (χ1) is 6.29. The van der Waals surface area contributed by atoms with Crippen molar-refractivity contribution in [3.8, 4) is 0 Å². The van der Waals surface area contributed by atoms with Crippen LogP contribution in [0.2, 0.25) is 0 Å². The van der Waals surface area contributed by atoms with Crippen molar-refractivity contribution in [3.05, 3.63) is 65.8 Å². The zero-order valence-corrected chi connectivity index (χ0v) is 7.75. The van der Waals surface area contributed by atoms with Crippen LogP contribution in [0.3, 0.4) is 0 Å². The van der Waals surface area contributed by atoms with E-state index in [4.69, 9.17) is 0 Å². The number of rotatable bonds is 1. The fraction of sp³-hybridized carbons (Fsp3) is 0.0769. The SMILES string of the molecule is C=C1C=CC=C1c1ccccc1C. The summed E-state index contributed by atoms with van der Waals surface area (Å²) < 4.78 is 0. The van der Waals surface area contributed by atoms with Crippen LogP contribution < -0.4 is 0 Å². The third-order valence-corrected chi connectivity index (χ3v) is 2.34. The van der Waals surface area contributed by atoms with E-state index in [9.17, 15) is 0 Å². The van der Waals surface area contributed by atoms with Gasteiger partial charge in [-0.15, -0.1) is 0 Å². The van der Waals surface area contributed by atoms with Crippen LogP contribution >= 0.6 is 0 Å². The standard InChI is InChI=1S/C13H12/c1-10-6-3-4-8-12(10)13-9-5-7-11(13)2/h3-9H,2H2,1H3. The highest BCUT2D eigenvalue weighted by atomic mass is 14.1. The Kier molecular flexibility index (Phi) is 1.90. The van der Waals surface area contributed by atoms with Gasteiger partial charge in [-0.05, 0) is 29.2 Å². The summed E-state index contributed by atoms with van der Waals surface area (Å²) in [6.45, 7) is 6.12. The summed E-state index contributed by atoms with van der Waals surface area (Å²) in [6, 6.07) is 8.39. The molecule has 0 N–H and O–H groups in total. The summed E-state index contributed by atoms with van der Waals surface area (Å²) in [5, 5.41) is 0. The first-order valence-electron chi connectivity index (χ1n) is 4.42. The molecule has 2 rings (SSSR count). The fourth-order valence-electron chi connectivity index (χ4n) is 1.60. The predicted molar refractivity (Wildman–Crippen MR) is 57.4 cm³/mol. The van der Waals surface area contributed by atoms with E-state index in [0.717, 1.165) is 5.57 Å². The van der Waals surface area contributed by atoms with Gasteiger partial charge in [-0.25, -0.2) is 0 Å². The Bertz CT molecular complexity index is 406. The van der Waals surface area contributed by atoms with Gasteiger partial charge in [0.05, 0.1) is 0 Å². The second-order valence-corrected chi connectivity index (χ2v) is 3.28. The molecule has 13 heavy (non-hydrogen) atoms. The summed E-state index contributed by atoms with van der Waals surface area (Å²) in [6.07, 6.45) is 6.20. The fourth-order valence-corrected chi connectivity index (χ4v) is 1.60. The Hall–Kier alpha value is -1.56. The van der Waals surface area contributed by atoms with Gasteiger partial charge in [0.25, 0.3) is 0 Å². The highest BCUT2D eigenvalue weighted by molar-refractivity contribution is 5.86. The second-order valence-electron chi connectivity index (χ2n) is 3.28. The van der Waals surface area contributed by atoms with Gasteiger partial charge in [0.15, 0.2) is 0 Å². The number of hydrogen-bond donors (Lipinski definition) is 0. The van der Waals surface area contributed by atoms with E-state index in [2.05, 4.69) is 43.8 Å². The molecule has 1 aromatic rings. The molecule has 1 aliphatic carbocycles. The Morgan fingerprint density at radius 2 is 1.92 bits per heavy atom. The Labute approximate surface area is 78.9 Å². The molecule has 0 nitrogen and oxygen atoms in total.